The Hall–Kier alpha value is -2.98. The summed E-state index contributed by atoms with van der Waals surface area (Å²) in [4.78, 5) is 11.8. The predicted molar refractivity (Wildman–Crippen MR) is 135 cm³/mol. The van der Waals surface area contributed by atoms with Gasteiger partial charge in [-0.05, 0) is 48.9 Å². The van der Waals surface area contributed by atoms with Gasteiger partial charge in [0, 0.05) is 27.2 Å². The molecule has 0 fully saturated rings. The highest BCUT2D eigenvalue weighted by Gasteiger charge is 2.32. The number of nitrogens with two attached hydrogens (primary N) is 1. The minimum absolute atomic E-state index is 0.00908. The number of primary amides is 1. The number of carbonyl (C=O) groups is 1. The van der Waals surface area contributed by atoms with E-state index in [1.807, 2.05) is 0 Å². The highest BCUT2D eigenvalue weighted by atomic mass is 35.5. The summed E-state index contributed by atoms with van der Waals surface area (Å²) < 4.78 is 38.7. The highest BCUT2D eigenvalue weighted by Crippen LogP contribution is 2.39. The van der Waals surface area contributed by atoms with Crippen molar-refractivity contribution in [3.63, 3.8) is 0 Å². The van der Waals surface area contributed by atoms with Crippen LogP contribution in [0.4, 0.5) is 5.69 Å². The van der Waals surface area contributed by atoms with Crippen LogP contribution in [0.1, 0.15) is 22.8 Å². The molecule has 1 unspecified atom stereocenters. The van der Waals surface area contributed by atoms with Gasteiger partial charge in [-0.3, -0.25) is 9.10 Å². The molecule has 0 aliphatic heterocycles. The number of halogens is 2. The number of hydrogen-bond acceptors (Lipinski definition) is 6. The first kappa shape index (κ1) is 26.6. The Morgan fingerprint density at radius 3 is 2.34 bits per heavy atom. The molecule has 0 saturated heterocycles. The van der Waals surface area contributed by atoms with E-state index >= 15 is 0 Å². The van der Waals surface area contributed by atoms with Crippen LogP contribution in [0, 0.1) is 6.92 Å². The van der Waals surface area contributed by atoms with Gasteiger partial charge in [0.05, 0.1) is 24.8 Å². The molecule has 3 rings (SSSR count). The fraction of sp³-hybridized carbons (Fsp3) is 0.208. The van der Waals surface area contributed by atoms with E-state index in [1.54, 1.807) is 25.1 Å². The summed E-state index contributed by atoms with van der Waals surface area (Å²) in [6.45, 7) is 1.07. The number of anilines is 1. The van der Waals surface area contributed by atoms with E-state index in [2.05, 4.69) is 0 Å². The number of hydrogen-bond donors (Lipinski definition) is 2. The first-order valence-electron chi connectivity index (χ1n) is 10.3. The van der Waals surface area contributed by atoms with Gasteiger partial charge in [0.1, 0.15) is 12.6 Å². The maximum Gasteiger partial charge on any atom is 0.264 e. The fourth-order valence-corrected chi connectivity index (χ4v) is 5.64. The molecule has 1 amide bonds. The second kappa shape index (κ2) is 10.7. The molecule has 0 aromatic heterocycles. The predicted octanol–water partition coefficient (Wildman–Crippen LogP) is 4.08. The van der Waals surface area contributed by atoms with Crippen molar-refractivity contribution in [1.82, 2.24) is 0 Å². The van der Waals surface area contributed by atoms with E-state index in [4.69, 9.17) is 38.4 Å². The zero-order valence-electron chi connectivity index (χ0n) is 19.2. The number of methoxy groups -OCH3 is 2. The summed E-state index contributed by atoms with van der Waals surface area (Å²) in [5.74, 6) is -0.404. The molecule has 0 saturated carbocycles. The van der Waals surface area contributed by atoms with E-state index in [9.17, 15) is 18.3 Å². The van der Waals surface area contributed by atoms with Gasteiger partial charge >= 0.3 is 0 Å². The smallest absolute Gasteiger partial charge is 0.264 e. The van der Waals surface area contributed by atoms with Crippen molar-refractivity contribution in [1.29, 1.82) is 0 Å². The van der Waals surface area contributed by atoms with Crippen LogP contribution in [0.2, 0.25) is 10.0 Å². The van der Waals surface area contributed by atoms with Crippen LogP contribution in [0.15, 0.2) is 59.5 Å². The largest absolute Gasteiger partial charge is 0.493 e. The van der Waals surface area contributed by atoms with Gasteiger partial charge in [0.25, 0.3) is 10.0 Å². The summed E-state index contributed by atoms with van der Waals surface area (Å²) >= 11 is 12.6. The van der Waals surface area contributed by atoms with Crippen molar-refractivity contribution in [3.05, 3.63) is 81.3 Å². The highest BCUT2D eigenvalue weighted by molar-refractivity contribution is 7.92. The minimum Gasteiger partial charge on any atom is -0.493 e. The number of sulfonamides is 1. The van der Waals surface area contributed by atoms with Gasteiger partial charge in [-0.2, -0.15) is 0 Å². The molecule has 3 aromatic carbocycles. The maximum absolute atomic E-state index is 13.7. The summed E-state index contributed by atoms with van der Waals surface area (Å²) in [5, 5.41) is 11.8. The number of amides is 1. The molecular weight excluding hydrogens is 515 g/mol. The third kappa shape index (κ3) is 5.48. The molecule has 35 heavy (non-hydrogen) atoms. The summed E-state index contributed by atoms with van der Waals surface area (Å²) in [7, 11) is -1.58. The summed E-state index contributed by atoms with van der Waals surface area (Å²) in [5.41, 5.74) is 6.61. The lowest BCUT2D eigenvalue weighted by atomic mass is 9.96. The Morgan fingerprint density at radius 1 is 1.06 bits per heavy atom. The maximum atomic E-state index is 13.7. The standard InChI is InChI=1S/C24H24Cl2N2O6S/c1-14-5-4-6-18(26)23(14)24(30)17-11-15(25)7-9-19(17)28(13-22(27)29)35(31,32)16-8-10-20(33-2)21(12-16)34-3/h4-12,24,30H,13H2,1-3H3,(H2,27,29). The average Bonchev–Trinajstić information content (AvgIpc) is 2.81. The second-order valence-electron chi connectivity index (χ2n) is 7.57. The van der Waals surface area contributed by atoms with E-state index in [1.165, 1.54) is 50.6 Å². The number of carbonyl (C=O) groups excluding carboxylic acids is 1. The molecule has 3 N–H and O–H groups in total. The third-order valence-corrected chi connectivity index (χ3v) is 7.66. The van der Waals surface area contributed by atoms with E-state index in [0.717, 1.165) is 4.31 Å². The molecule has 186 valence electrons. The quantitative estimate of drug-likeness (QED) is 0.423. The van der Waals surface area contributed by atoms with Crippen molar-refractivity contribution in [2.45, 2.75) is 17.9 Å². The van der Waals surface area contributed by atoms with Crippen LogP contribution in [0.5, 0.6) is 11.5 Å². The van der Waals surface area contributed by atoms with Crippen molar-refractivity contribution in [2.24, 2.45) is 5.73 Å². The third-order valence-electron chi connectivity index (χ3n) is 5.34. The minimum atomic E-state index is -4.37. The molecule has 0 aliphatic carbocycles. The van der Waals surface area contributed by atoms with Gasteiger partial charge < -0.3 is 20.3 Å². The van der Waals surface area contributed by atoms with Gasteiger partial charge in [-0.25, -0.2) is 8.42 Å². The van der Waals surface area contributed by atoms with Gasteiger partial charge in [-0.1, -0.05) is 35.3 Å². The normalized spacial score (nSPS) is 12.2. The first-order valence-corrected chi connectivity index (χ1v) is 12.5. The first-order chi connectivity index (χ1) is 16.5. The molecule has 0 heterocycles. The van der Waals surface area contributed by atoms with Crippen molar-refractivity contribution in [2.75, 3.05) is 25.1 Å². The molecule has 0 bridgehead atoms. The molecule has 0 radical (unpaired) electrons. The zero-order chi connectivity index (χ0) is 25.9. The summed E-state index contributed by atoms with van der Waals surface area (Å²) in [6, 6.07) is 13.4. The number of ether oxygens (including phenoxy) is 2. The van der Waals surface area contributed by atoms with E-state index in [0.29, 0.717) is 16.9 Å². The van der Waals surface area contributed by atoms with Gasteiger partial charge in [-0.15, -0.1) is 0 Å². The monoisotopic (exact) mass is 538 g/mol. The lowest BCUT2D eigenvalue weighted by molar-refractivity contribution is -0.116. The molecule has 0 spiro atoms. The number of benzene rings is 3. The molecular formula is C24H24Cl2N2O6S. The number of nitrogens with zero attached hydrogens (tertiary/aromatic N) is 1. The van der Waals surface area contributed by atoms with E-state index in [-0.39, 0.29) is 31.9 Å². The Kier molecular flexibility index (Phi) is 8.17. The molecule has 0 aliphatic rings. The van der Waals surface area contributed by atoms with Crippen molar-refractivity contribution >= 4 is 44.8 Å². The lowest BCUT2D eigenvalue weighted by Gasteiger charge is -2.28. The zero-order valence-corrected chi connectivity index (χ0v) is 21.5. The fourth-order valence-electron chi connectivity index (χ4n) is 3.66. The van der Waals surface area contributed by atoms with Crippen LogP contribution < -0.4 is 19.5 Å². The van der Waals surface area contributed by atoms with Crippen LogP contribution in [0.25, 0.3) is 0 Å². The number of aliphatic hydroxyl groups excluding tert-OH is 1. The lowest BCUT2D eigenvalue weighted by Crippen LogP contribution is -2.39. The summed E-state index contributed by atoms with van der Waals surface area (Å²) in [6.07, 6.45) is -1.35. The number of rotatable bonds is 9. The topological polar surface area (TPSA) is 119 Å². The van der Waals surface area contributed by atoms with Crippen LogP contribution >= 0.6 is 23.2 Å². The molecule has 3 aromatic rings. The van der Waals surface area contributed by atoms with Crippen LogP contribution in [-0.2, 0) is 14.8 Å². The molecule has 11 heteroatoms. The number of aliphatic hydroxyl groups is 1. The Morgan fingerprint density at radius 2 is 1.74 bits per heavy atom. The van der Waals surface area contributed by atoms with E-state index < -0.39 is 28.6 Å². The molecule has 8 nitrogen and oxygen atoms in total. The van der Waals surface area contributed by atoms with Gasteiger partial charge in [0.2, 0.25) is 5.91 Å². The second-order valence-corrected chi connectivity index (χ2v) is 10.3. The van der Waals surface area contributed by atoms with Crippen molar-refractivity contribution < 1.29 is 27.8 Å². The average molecular weight is 539 g/mol. The Balaban J connectivity index is 2.24. The van der Waals surface area contributed by atoms with Crippen LogP contribution in [0.3, 0.4) is 0 Å². The Labute approximate surface area is 213 Å². The SMILES string of the molecule is COc1ccc(S(=O)(=O)N(CC(N)=O)c2ccc(Cl)cc2C(O)c2c(C)cccc2Cl)cc1OC. The number of aryl methyl sites for hydroxylation is 1. The van der Waals surface area contributed by atoms with Gasteiger partial charge in [0.15, 0.2) is 11.5 Å². The molecule has 1 atom stereocenters. The van der Waals surface area contributed by atoms with Crippen molar-refractivity contribution in [3.8, 4) is 11.5 Å². The van der Waals surface area contributed by atoms with Crippen LogP contribution in [-0.4, -0.2) is 40.2 Å². The Bertz CT molecular complexity index is 1340.